The van der Waals surface area contributed by atoms with E-state index in [-0.39, 0.29) is 5.37 Å². The second kappa shape index (κ2) is 4.38. The highest BCUT2D eigenvalue weighted by atomic mass is 32.2. The van der Waals surface area contributed by atoms with Gasteiger partial charge in [-0.3, -0.25) is 0 Å². The van der Waals surface area contributed by atoms with Crippen LogP contribution >= 0.6 is 11.8 Å². The third kappa shape index (κ3) is 2.75. The van der Waals surface area contributed by atoms with Crippen molar-refractivity contribution in [3.63, 3.8) is 0 Å². The van der Waals surface area contributed by atoms with Gasteiger partial charge in [-0.1, -0.05) is 0 Å². The third-order valence-electron chi connectivity index (χ3n) is 1.38. The molecule has 66 valence electrons. The summed E-state index contributed by atoms with van der Waals surface area (Å²) < 4.78 is 5.03. The van der Waals surface area contributed by atoms with Gasteiger partial charge in [0.2, 0.25) is 0 Å². The molecule has 0 heterocycles. The van der Waals surface area contributed by atoms with Crippen molar-refractivity contribution in [1.29, 1.82) is 0 Å². The largest absolute Gasteiger partial charge is 0.497 e. The molecule has 0 spiro atoms. The van der Waals surface area contributed by atoms with Crippen molar-refractivity contribution in [2.75, 3.05) is 7.11 Å². The molecule has 0 aliphatic heterocycles. The van der Waals surface area contributed by atoms with E-state index < -0.39 is 0 Å². The first-order chi connectivity index (χ1) is 5.72. The van der Waals surface area contributed by atoms with Gasteiger partial charge in [0.15, 0.2) is 0 Å². The maximum absolute atomic E-state index is 5.63. The molecule has 1 aromatic rings. The molecule has 0 aliphatic carbocycles. The summed E-state index contributed by atoms with van der Waals surface area (Å²) in [5.41, 5.74) is 5.63. The van der Waals surface area contributed by atoms with Gasteiger partial charge in [-0.25, -0.2) is 0 Å². The Kier molecular flexibility index (Phi) is 3.44. The minimum Gasteiger partial charge on any atom is -0.497 e. The monoisotopic (exact) mass is 183 g/mol. The van der Waals surface area contributed by atoms with Crippen LogP contribution in [0.5, 0.6) is 5.75 Å². The van der Waals surface area contributed by atoms with Crippen molar-refractivity contribution in [3.8, 4) is 5.75 Å². The first kappa shape index (κ1) is 9.42. The fourth-order valence-electron chi connectivity index (χ4n) is 0.869. The highest BCUT2D eigenvalue weighted by Crippen LogP contribution is 2.22. The maximum Gasteiger partial charge on any atom is 0.118 e. The van der Waals surface area contributed by atoms with E-state index in [9.17, 15) is 0 Å². The molecule has 1 unspecified atom stereocenters. The van der Waals surface area contributed by atoms with Crippen LogP contribution in [0.3, 0.4) is 0 Å². The molecule has 0 saturated carbocycles. The highest BCUT2D eigenvalue weighted by Gasteiger charge is 1.97. The number of methoxy groups -OCH3 is 1. The topological polar surface area (TPSA) is 35.2 Å². The quantitative estimate of drug-likeness (QED) is 0.575. The van der Waals surface area contributed by atoms with Gasteiger partial charge in [0, 0.05) is 4.90 Å². The zero-order valence-electron chi connectivity index (χ0n) is 7.28. The van der Waals surface area contributed by atoms with E-state index in [1.54, 1.807) is 18.9 Å². The Bertz CT molecular complexity index is 233. The number of nitrogens with two attached hydrogens (primary N) is 1. The number of benzene rings is 1. The molecule has 2 nitrogen and oxygen atoms in total. The summed E-state index contributed by atoms with van der Waals surface area (Å²) >= 11 is 1.64. The van der Waals surface area contributed by atoms with Gasteiger partial charge >= 0.3 is 0 Å². The predicted molar refractivity (Wildman–Crippen MR) is 52.5 cm³/mol. The van der Waals surface area contributed by atoms with Crippen LogP contribution < -0.4 is 10.5 Å². The van der Waals surface area contributed by atoms with Gasteiger partial charge in [0.05, 0.1) is 12.5 Å². The van der Waals surface area contributed by atoms with Gasteiger partial charge in [0.25, 0.3) is 0 Å². The number of hydrogen-bond acceptors (Lipinski definition) is 3. The number of thioether (sulfide) groups is 1. The molecular formula is C9H13NOS. The molecule has 12 heavy (non-hydrogen) atoms. The number of ether oxygens (including phenoxy) is 1. The van der Waals surface area contributed by atoms with E-state index in [0.29, 0.717) is 0 Å². The molecule has 2 N–H and O–H groups in total. The second-order valence-corrected chi connectivity index (χ2v) is 3.95. The lowest BCUT2D eigenvalue weighted by Gasteiger charge is -2.05. The molecule has 0 radical (unpaired) electrons. The zero-order chi connectivity index (χ0) is 8.97. The Morgan fingerprint density at radius 3 is 2.33 bits per heavy atom. The third-order valence-corrected chi connectivity index (χ3v) is 2.30. The molecule has 0 amide bonds. The lowest BCUT2D eigenvalue weighted by Crippen LogP contribution is -2.08. The summed E-state index contributed by atoms with van der Waals surface area (Å²) in [6.45, 7) is 1.97. The Morgan fingerprint density at radius 2 is 1.92 bits per heavy atom. The van der Waals surface area contributed by atoms with E-state index in [4.69, 9.17) is 10.5 Å². The lowest BCUT2D eigenvalue weighted by atomic mass is 10.3. The number of rotatable bonds is 3. The molecule has 0 saturated heterocycles. The van der Waals surface area contributed by atoms with Gasteiger partial charge < -0.3 is 10.5 Å². The molecule has 0 fully saturated rings. The molecule has 0 bridgehead atoms. The standard InChI is InChI=1S/C9H13NOS/c1-7(10)12-9-5-3-8(11-2)4-6-9/h3-7H,10H2,1-2H3. The fourth-order valence-corrected chi connectivity index (χ4v) is 1.59. The molecule has 1 rings (SSSR count). The molecule has 0 aliphatic rings. The van der Waals surface area contributed by atoms with Crippen LogP contribution in [0, 0.1) is 0 Å². The van der Waals surface area contributed by atoms with Gasteiger partial charge in [0.1, 0.15) is 5.75 Å². The summed E-state index contributed by atoms with van der Waals surface area (Å²) in [6, 6.07) is 7.88. The van der Waals surface area contributed by atoms with Gasteiger partial charge in [-0.2, -0.15) is 0 Å². The lowest BCUT2D eigenvalue weighted by molar-refractivity contribution is 0.414. The Hall–Kier alpha value is -0.670. The van der Waals surface area contributed by atoms with Crippen LogP contribution in [0.15, 0.2) is 29.2 Å². The fraction of sp³-hybridized carbons (Fsp3) is 0.333. The summed E-state index contributed by atoms with van der Waals surface area (Å²) in [5.74, 6) is 0.879. The van der Waals surface area contributed by atoms with E-state index in [0.717, 1.165) is 5.75 Å². The SMILES string of the molecule is COc1ccc(SC(C)N)cc1. The van der Waals surface area contributed by atoms with Crippen LogP contribution in [-0.2, 0) is 0 Å². The molecule has 3 heteroatoms. The van der Waals surface area contributed by atoms with Gasteiger partial charge in [-0.05, 0) is 31.2 Å². The number of hydrogen-bond donors (Lipinski definition) is 1. The van der Waals surface area contributed by atoms with E-state index in [1.165, 1.54) is 4.90 Å². The normalized spacial score (nSPS) is 12.6. The van der Waals surface area contributed by atoms with Crippen LogP contribution in [-0.4, -0.2) is 12.5 Å². The average Bonchev–Trinajstić information content (AvgIpc) is 2.05. The Labute approximate surface area is 77.1 Å². The van der Waals surface area contributed by atoms with Crippen molar-refractivity contribution < 1.29 is 4.74 Å². The second-order valence-electron chi connectivity index (χ2n) is 2.50. The van der Waals surface area contributed by atoms with Crippen LogP contribution in [0.1, 0.15) is 6.92 Å². The van der Waals surface area contributed by atoms with Crippen molar-refractivity contribution >= 4 is 11.8 Å². The molecule has 1 aromatic carbocycles. The smallest absolute Gasteiger partial charge is 0.118 e. The van der Waals surface area contributed by atoms with Crippen molar-refractivity contribution in [2.45, 2.75) is 17.2 Å². The minimum absolute atomic E-state index is 0.137. The Morgan fingerprint density at radius 1 is 1.33 bits per heavy atom. The summed E-state index contributed by atoms with van der Waals surface area (Å²) in [5, 5.41) is 0.137. The zero-order valence-corrected chi connectivity index (χ0v) is 8.10. The van der Waals surface area contributed by atoms with Crippen LogP contribution in [0.2, 0.25) is 0 Å². The molecule has 0 aromatic heterocycles. The first-order valence-corrected chi connectivity index (χ1v) is 4.66. The highest BCUT2D eigenvalue weighted by molar-refractivity contribution is 7.99. The van der Waals surface area contributed by atoms with Crippen LogP contribution in [0.4, 0.5) is 0 Å². The van der Waals surface area contributed by atoms with Crippen molar-refractivity contribution in [2.24, 2.45) is 5.73 Å². The van der Waals surface area contributed by atoms with E-state index >= 15 is 0 Å². The van der Waals surface area contributed by atoms with Crippen molar-refractivity contribution in [1.82, 2.24) is 0 Å². The summed E-state index contributed by atoms with van der Waals surface area (Å²) in [6.07, 6.45) is 0. The Balaban J connectivity index is 2.65. The van der Waals surface area contributed by atoms with E-state index in [2.05, 4.69) is 0 Å². The van der Waals surface area contributed by atoms with Crippen LogP contribution in [0.25, 0.3) is 0 Å². The molecular weight excluding hydrogens is 170 g/mol. The van der Waals surface area contributed by atoms with Crippen molar-refractivity contribution in [3.05, 3.63) is 24.3 Å². The predicted octanol–water partition coefficient (Wildman–Crippen LogP) is 2.09. The average molecular weight is 183 g/mol. The van der Waals surface area contributed by atoms with Gasteiger partial charge in [-0.15, -0.1) is 11.8 Å². The van der Waals surface area contributed by atoms with E-state index in [1.807, 2.05) is 31.2 Å². The first-order valence-electron chi connectivity index (χ1n) is 3.78. The molecule has 1 atom stereocenters. The summed E-state index contributed by atoms with van der Waals surface area (Å²) in [7, 11) is 1.66. The summed E-state index contributed by atoms with van der Waals surface area (Å²) in [4.78, 5) is 1.17. The minimum atomic E-state index is 0.137. The maximum atomic E-state index is 5.63.